The first kappa shape index (κ1) is 15.0. The molecular formula is C10H19Cl2NO2. The van der Waals surface area contributed by atoms with Crippen LogP contribution in [0.25, 0.3) is 0 Å². The van der Waals surface area contributed by atoms with Crippen LogP contribution in [0, 0.1) is 0 Å². The molecule has 0 radical (unpaired) electrons. The van der Waals surface area contributed by atoms with E-state index < -0.39 is 5.54 Å². The summed E-state index contributed by atoms with van der Waals surface area (Å²) >= 11 is 11.2. The number of ether oxygens (including phenoxy) is 1. The molecule has 0 aromatic rings. The average Bonchev–Trinajstić information content (AvgIpc) is 2.15. The third kappa shape index (κ3) is 6.98. The van der Waals surface area contributed by atoms with Gasteiger partial charge in [-0.05, 0) is 43.8 Å². The predicted octanol–water partition coefficient (Wildman–Crippen LogP) is 3.50. The van der Waals surface area contributed by atoms with Gasteiger partial charge in [-0.2, -0.15) is 0 Å². The van der Waals surface area contributed by atoms with E-state index in [1.54, 1.807) is 13.8 Å². The maximum absolute atomic E-state index is 11.3. The van der Waals surface area contributed by atoms with Crippen LogP contribution in [-0.2, 0) is 9.53 Å². The molecule has 0 aliphatic heterocycles. The summed E-state index contributed by atoms with van der Waals surface area (Å²) in [5.74, 6) is -0.188. The Morgan fingerprint density at radius 1 is 1.33 bits per heavy atom. The number of hydrogen-bond donors (Lipinski definition) is 0. The second kappa shape index (κ2) is 7.31. The Morgan fingerprint density at radius 3 is 2.40 bits per heavy atom. The minimum absolute atomic E-state index is 0.188. The molecule has 0 unspecified atom stereocenters. The van der Waals surface area contributed by atoms with Gasteiger partial charge in [-0.3, -0.25) is 4.79 Å². The maximum atomic E-state index is 11.3. The van der Waals surface area contributed by atoms with Crippen LogP contribution < -0.4 is 0 Å². The van der Waals surface area contributed by atoms with E-state index in [0.29, 0.717) is 6.42 Å². The topological polar surface area (TPSA) is 29.5 Å². The molecule has 0 bridgehead atoms. The maximum Gasteiger partial charge on any atom is 0.305 e. The van der Waals surface area contributed by atoms with Crippen molar-refractivity contribution in [3.05, 3.63) is 0 Å². The van der Waals surface area contributed by atoms with Gasteiger partial charge in [-0.1, -0.05) is 19.8 Å². The number of carbonyl (C=O) groups excluding carboxylic acids is 1. The Hall–Kier alpha value is 0.01000. The van der Waals surface area contributed by atoms with Crippen molar-refractivity contribution in [3.8, 4) is 0 Å². The molecule has 15 heavy (non-hydrogen) atoms. The lowest BCUT2D eigenvalue weighted by molar-refractivity contribution is -0.146. The summed E-state index contributed by atoms with van der Waals surface area (Å²) in [5, 5.41) is 0. The lowest BCUT2D eigenvalue weighted by atomic mass is 10.1. The zero-order valence-corrected chi connectivity index (χ0v) is 11.1. The molecule has 0 N–H and O–H groups in total. The van der Waals surface area contributed by atoms with Crippen LogP contribution >= 0.6 is 23.6 Å². The summed E-state index contributed by atoms with van der Waals surface area (Å²) in [4.78, 5) is 11.3. The molecule has 0 amide bonds. The minimum Gasteiger partial charge on any atom is -0.464 e. The van der Waals surface area contributed by atoms with Gasteiger partial charge < -0.3 is 4.74 Å². The first-order valence-electron chi connectivity index (χ1n) is 5.17. The number of rotatable bonds is 7. The van der Waals surface area contributed by atoms with Gasteiger partial charge in [0.05, 0.1) is 5.54 Å². The van der Waals surface area contributed by atoms with Crippen LogP contribution in [0.5, 0.6) is 0 Å². The fraction of sp³-hybridized carbons (Fsp3) is 0.900. The highest BCUT2D eigenvalue weighted by Gasteiger charge is 2.26. The quantitative estimate of drug-likeness (QED) is 0.396. The largest absolute Gasteiger partial charge is 0.464 e. The number of nitrogens with zero attached hydrogens (tertiary/aromatic N) is 1. The molecule has 5 heteroatoms. The van der Waals surface area contributed by atoms with Gasteiger partial charge in [-0.15, -0.1) is 3.94 Å². The Kier molecular flexibility index (Phi) is 7.32. The van der Waals surface area contributed by atoms with Crippen LogP contribution in [0.1, 0.15) is 46.5 Å². The molecular weight excluding hydrogens is 237 g/mol. The molecule has 0 rings (SSSR count). The van der Waals surface area contributed by atoms with Gasteiger partial charge in [-0.25, -0.2) is 0 Å². The molecule has 0 aliphatic carbocycles. The van der Waals surface area contributed by atoms with E-state index in [2.05, 4.69) is 6.92 Å². The van der Waals surface area contributed by atoms with Crippen molar-refractivity contribution >= 4 is 29.5 Å². The molecule has 90 valence electrons. The van der Waals surface area contributed by atoms with E-state index >= 15 is 0 Å². The van der Waals surface area contributed by atoms with Crippen molar-refractivity contribution in [1.82, 2.24) is 3.94 Å². The summed E-state index contributed by atoms with van der Waals surface area (Å²) < 4.78 is 6.07. The van der Waals surface area contributed by atoms with Crippen LogP contribution in [-0.4, -0.2) is 22.1 Å². The van der Waals surface area contributed by atoms with Crippen LogP contribution in [0.3, 0.4) is 0 Å². The lowest BCUT2D eigenvalue weighted by Gasteiger charge is -2.26. The number of unbranched alkanes of at least 4 members (excludes halogenated alkanes) is 2. The monoisotopic (exact) mass is 255 g/mol. The van der Waals surface area contributed by atoms with Gasteiger partial charge in [0, 0.05) is 6.42 Å². The van der Waals surface area contributed by atoms with Crippen molar-refractivity contribution in [1.29, 1.82) is 0 Å². The number of esters is 1. The van der Waals surface area contributed by atoms with Crippen molar-refractivity contribution in [2.24, 2.45) is 0 Å². The fourth-order valence-electron chi connectivity index (χ4n) is 0.897. The Bertz CT molecular complexity index is 196. The predicted molar refractivity (Wildman–Crippen MR) is 62.7 cm³/mol. The molecule has 0 aromatic carbocycles. The summed E-state index contributed by atoms with van der Waals surface area (Å²) in [7, 11) is 0. The first-order chi connectivity index (χ1) is 6.90. The molecule has 0 atom stereocenters. The van der Waals surface area contributed by atoms with Crippen molar-refractivity contribution in [3.63, 3.8) is 0 Å². The van der Waals surface area contributed by atoms with E-state index in [-0.39, 0.29) is 12.6 Å². The lowest BCUT2D eigenvalue weighted by Crippen LogP contribution is -2.37. The summed E-state index contributed by atoms with van der Waals surface area (Å²) in [6, 6.07) is 0. The average molecular weight is 256 g/mol. The molecule has 0 spiro atoms. The van der Waals surface area contributed by atoms with Crippen molar-refractivity contribution in [2.45, 2.75) is 52.0 Å². The zero-order chi connectivity index (χ0) is 11.9. The summed E-state index contributed by atoms with van der Waals surface area (Å²) in [5.41, 5.74) is -0.552. The number of halogens is 2. The first-order valence-corrected chi connectivity index (χ1v) is 5.85. The SMILES string of the molecule is CCCCCC(=O)OCC(C)(C)N(Cl)Cl. The molecule has 3 nitrogen and oxygen atoms in total. The van der Waals surface area contributed by atoms with E-state index in [1.807, 2.05) is 0 Å². The summed E-state index contributed by atoms with van der Waals surface area (Å²) in [6.45, 7) is 5.89. The highest BCUT2D eigenvalue weighted by molar-refractivity contribution is 6.34. The molecule has 0 saturated carbocycles. The smallest absolute Gasteiger partial charge is 0.305 e. The molecule has 0 fully saturated rings. The highest BCUT2D eigenvalue weighted by Crippen LogP contribution is 2.20. The van der Waals surface area contributed by atoms with Crippen LogP contribution in [0.15, 0.2) is 0 Å². The second-order valence-corrected chi connectivity index (χ2v) is 5.01. The second-order valence-electron chi connectivity index (χ2n) is 4.16. The molecule has 0 heterocycles. The van der Waals surface area contributed by atoms with Crippen molar-refractivity contribution in [2.75, 3.05) is 6.61 Å². The zero-order valence-electron chi connectivity index (χ0n) is 9.56. The van der Waals surface area contributed by atoms with Gasteiger partial charge in [0.2, 0.25) is 0 Å². The third-order valence-electron chi connectivity index (χ3n) is 2.03. The van der Waals surface area contributed by atoms with Crippen molar-refractivity contribution < 1.29 is 9.53 Å². The van der Waals surface area contributed by atoms with Gasteiger partial charge in [0.1, 0.15) is 6.61 Å². The number of hydrogen-bond acceptors (Lipinski definition) is 3. The molecule has 0 saturated heterocycles. The van der Waals surface area contributed by atoms with E-state index in [4.69, 9.17) is 28.3 Å². The van der Waals surface area contributed by atoms with Gasteiger partial charge >= 0.3 is 5.97 Å². The molecule has 0 aromatic heterocycles. The van der Waals surface area contributed by atoms with Crippen LogP contribution in [0.4, 0.5) is 0 Å². The van der Waals surface area contributed by atoms with E-state index in [9.17, 15) is 4.79 Å². The fourth-order valence-corrected chi connectivity index (χ4v) is 0.995. The van der Waals surface area contributed by atoms with Gasteiger partial charge in [0.15, 0.2) is 0 Å². The normalized spacial score (nSPS) is 11.9. The summed E-state index contributed by atoms with van der Waals surface area (Å²) in [6.07, 6.45) is 3.49. The Labute approximate surface area is 102 Å². The van der Waals surface area contributed by atoms with Crippen LogP contribution in [0.2, 0.25) is 0 Å². The Balaban J connectivity index is 3.71. The van der Waals surface area contributed by atoms with Gasteiger partial charge in [0.25, 0.3) is 0 Å². The van der Waals surface area contributed by atoms with E-state index in [0.717, 1.165) is 23.2 Å². The minimum atomic E-state index is -0.552. The number of carbonyl (C=O) groups is 1. The highest BCUT2D eigenvalue weighted by atomic mass is 35.5. The third-order valence-corrected chi connectivity index (χ3v) is 2.94. The van der Waals surface area contributed by atoms with E-state index in [1.165, 1.54) is 0 Å². The molecule has 0 aliphatic rings. The Morgan fingerprint density at radius 2 is 1.93 bits per heavy atom. The standard InChI is InChI=1S/C10H19Cl2NO2/c1-4-5-6-7-9(14)15-8-10(2,3)13(11)12/h4-8H2,1-3H3.